The molecule has 0 bridgehead atoms. The summed E-state index contributed by atoms with van der Waals surface area (Å²) in [5, 5.41) is 7.44. The molecule has 1 aromatic heterocycles. The molecule has 4 N–H and O–H groups in total. The van der Waals surface area contributed by atoms with Crippen molar-refractivity contribution in [3.8, 4) is 22.4 Å². The van der Waals surface area contributed by atoms with E-state index >= 15 is 0 Å². The second kappa shape index (κ2) is 7.74. The van der Waals surface area contributed by atoms with Crippen LogP contribution in [0.1, 0.15) is 12.0 Å². The fraction of sp³-hybridized carbons (Fsp3) is 0.150. The van der Waals surface area contributed by atoms with Crippen molar-refractivity contribution < 1.29 is 9.53 Å². The fourth-order valence-corrected chi connectivity index (χ4v) is 2.74. The number of esters is 1. The number of H-pyrrole nitrogens is 1. The smallest absolute Gasteiger partial charge is 0.325 e. The van der Waals surface area contributed by atoms with E-state index in [9.17, 15) is 9.59 Å². The van der Waals surface area contributed by atoms with Gasteiger partial charge in [-0.05, 0) is 16.7 Å². The highest BCUT2D eigenvalue weighted by Gasteiger charge is 2.08. The summed E-state index contributed by atoms with van der Waals surface area (Å²) in [7, 11) is 1.32. The number of aryl methyl sites for hydroxylation is 1. The maximum atomic E-state index is 12.0. The molecule has 3 aromatic rings. The molecule has 0 aliphatic heterocycles. The summed E-state index contributed by atoms with van der Waals surface area (Å²) in [5.74, 6) is -0.317. The van der Waals surface area contributed by atoms with Crippen molar-refractivity contribution in [3.63, 3.8) is 0 Å². The minimum atomic E-state index is -0.357. The minimum absolute atomic E-state index is 0.0394. The van der Waals surface area contributed by atoms with Gasteiger partial charge in [-0.3, -0.25) is 14.8 Å². The summed E-state index contributed by atoms with van der Waals surface area (Å²) in [4.78, 5) is 26.1. The third kappa shape index (κ3) is 4.14. The predicted molar refractivity (Wildman–Crippen MR) is 104 cm³/mol. The van der Waals surface area contributed by atoms with Crippen LogP contribution < -0.4 is 11.4 Å². The van der Waals surface area contributed by atoms with E-state index in [0.29, 0.717) is 11.3 Å². The molecule has 2 aromatic carbocycles. The monoisotopic (exact) mass is 364 g/mol. The molecule has 27 heavy (non-hydrogen) atoms. The van der Waals surface area contributed by atoms with Crippen LogP contribution in [0.3, 0.4) is 0 Å². The summed E-state index contributed by atoms with van der Waals surface area (Å²) in [6.07, 6.45) is 1.84. The number of aromatic nitrogens is 2. The number of nitrogens with two attached hydrogens (primary N) is 1. The summed E-state index contributed by atoms with van der Waals surface area (Å²) < 4.78 is 6.05. The zero-order valence-corrected chi connectivity index (χ0v) is 14.9. The van der Waals surface area contributed by atoms with Crippen LogP contribution in [0.4, 0.5) is 0 Å². The molecule has 0 atom stereocenters. The van der Waals surface area contributed by atoms with Crippen molar-refractivity contribution >= 4 is 11.8 Å². The van der Waals surface area contributed by atoms with Crippen LogP contribution in [0.2, 0.25) is 0 Å². The van der Waals surface area contributed by atoms with E-state index in [1.165, 1.54) is 11.7 Å². The first kappa shape index (κ1) is 18.2. The second-order valence-electron chi connectivity index (χ2n) is 6.06. The highest BCUT2D eigenvalue weighted by atomic mass is 16.5. The molecule has 138 valence electrons. The second-order valence-corrected chi connectivity index (χ2v) is 6.06. The SMILES string of the molecule is COC(=O)CCn1cc(-c2ccc(-c3ccc(C(=N)N)cc3)cc2)[nH]c1=O. The molecular formula is C20H20N4O3. The number of carbonyl (C=O) groups excluding carboxylic acids is 1. The summed E-state index contributed by atoms with van der Waals surface area (Å²) in [5.41, 5.74) is 9.47. The Balaban J connectivity index is 1.78. The molecule has 0 fully saturated rings. The molecule has 0 amide bonds. The van der Waals surface area contributed by atoms with Gasteiger partial charge in [0.1, 0.15) is 5.84 Å². The lowest BCUT2D eigenvalue weighted by Crippen LogP contribution is -2.18. The zero-order valence-electron chi connectivity index (χ0n) is 14.9. The number of hydrogen-bond acceptors (Lipinski definition) is 4. The van der Waals surface area contributed by atoms with Crippen LogP contribution >= 0.6 is 0 Å². The number of nitrogens with one attached hydrogen (secondary N) is 2. The lowest BCUT2D eigenvalue weighted by atomic mass is 10.0. The summed E-state index contributed by atoms with van der Waals surface area (Å²) in [6, 6.07) is 15.2. The van der Waals surface area contributed by atoms with Gasteiger partial charge in [-0.1, -0.05) is 48.5 Å². The lowest BCUT2D eigenvalue weighted by molar-refractivity contribution is -0.140. The van der Waals surface area contributed by atoms with Crippen LogP contribution in [0.5, 0.6) is 0 Å². The molecule has 0 aliphatic rings. The molecule has 0 spiro atoms. The first-order chi connectivity index (χ1) is 13.0. The Morgan fingerprint density at radius 3 is 2.19 bits per heavy atom. The first-order valence-corrected chi connectivity index (χ1v) is 8.39. The summed E-state index contributed by atoms with van der Waals surface area (Å²) in [6.45, 7) is 0.266. The molecular weight excluding hydrogens is 344 g/mol. The van der Waals surface area contributed by atoms with E-state index in [0.717, 1.165) is 16.7 Å². The highest BCUT2D eigenvalue weighted by Crippen LogP contribution is 2.24. The van der Waals surface area contributed by atoms with E-state index in [4.69, 9.17) is 11.1 Å². The van der Waals surface area contributed by atoms with Crippen LogP contribution in [0.15, 0.2) is 59.5 Å². The Kier molecular flexibility index (Phi) is 5.21. The molecule has 3 rings (SSSR count). The van der Waals surface area contributed by atoms with E-state index in [-0.39, 0.29) is 30.5 Å². The molecule has 7 heteroatoms. The maximum Gasteiger partial charge on any atom is 0.325 e. The third-order valence-corrected chi connectivity index (χ3v) is 4.30. The first-order valence-electron chi connectivity index (χ1n) is 8.39. The lowest BCUT2D eigenvalue weighted by Gasteiger charge is -2.05. The number of aromatic amines is 1. The predicted octanol–water partition coefficient (Wildman–Crippen LogP) is 2.36. The average Bonchev–Trinajstić information content (AvgIpc) is 3.07. The maximum absolute atomic E-state index is 12.0. The number of nitrogens with zero attached hydrogens (tertiary/aromatic N) is 1. The number of nitrogen functional groups attached to an aromatic ring is 1. The minimum Gasteiger partial charge on any atom is -0.469 e. The van der Waals surface area contributed by atoms with Crippen molar-refractivity contribution in [1.29, 1.82) is 5.41 Å². The fourth-order valence-electron chi connectivity index (χ4n) is 2.74. The van der Waals surface area contributed by atoms with Crippen molar-refractivity contribution in [2.45, 2.75) is 13.0 Å². The molecule has 1 heterocycles. The number of carbonyl (C=O) groups is 1. The molecule has 0 saturated carbocycles. The van der Waals surface area contributed by atoms with E-state index in [2.05, 4.69) is 9.72 Å². The molecule has 0 aliphatic carbocycles. The number of ether oxygens (including phenoxy) is 1. The number of benzene rings is 2. The Morgan fingerprint density at radius 2 is 1.63 bits per heavy atom. The number of hydrogen-bond donors (Lipinski definition) is 3. The topological polar surface area (TPSA) is 114 Å². The van der Waals surface area contributed by atoms with E-state index < -0.39 is 0 Å². The normalized spacial score (nSPS) is 10.6. The van der Waals surface area contributed by atoms with Crippen LogP contribution in [-0.2, 0) is 16.1 Å². The van der Waals surface area contributed by atoms with Crippen molar-refractivity contribution in [2.75, 3.05) is 7.11 Å². The number of imidazole rings is 1. The van der Waals surface area contributed by atoms with Gasteiger partial charge in [0.15, 0.2) is 0 Å². The quantitative estimate of drug-likeness (QED) is 0.354. The third-order valence-electron chi connectivity index (χ3n) is 4.30. The Hall–Kier alpha value is -3.61. The van der Waals surface area contributed by atoms with Gasteiger partial charge < -0.3 is 15.5 Å². The van der Waals surface area contributed by atoms with E-state index in [1.54, 1.807) is 6.20 Å². The average molecular weight is 364 g/mol. The van der Waals surface area contributed by atoms with Crippen molar-refractivity contribution in [1.82, 2.24) is 9.55 Å². The summed E-state index contributed by atoms with van der Waals surface area (Å²) >= 11 is 0. The number of amidine groups is 1. The van der Waals surface area contributed by atoms with Crippen LogP contribution in [0, 0.1) is 5.41 Å². The van der Waals surface area contributed by atoms with Crippen molar-refractivity contribution in [2.24, 2.45) is 5.73 Å². The van der Waals surface area contributed by atoms with Gasteiger partial charge in [-0.2, -0.15) is 0 Å². The van der Waals surface area contributed by atoms with Gasteiger partial charge >= 0.3 is 11.7 Å². The van der Waals surface area contributed by atoms with Gasteiger partial charge in [0.05, 0.1) is 19.2 Å². The van der Waals surface area contributed by atoms with Crippen molar-refractivity contribution in [3.05, 3.63) is 70.8 Å². The number of rotatable bonds is 6. The van der Waals surface area contributed by atoms with Gasteiger partial charge in [-0.15, -0.1) is 0 Å². The van der Waals surface area contributed by atoms with Gasteiger partial charge in [0.2, 0.25) is 0 Å². The molecule has 0 radical (unpaired) electrons. The van der Waals surface area contributed by atoms with Gasteiger partial charge in [-0.25, -0.2) is 4.79 Å². The standard InChI is InChI=1S/C20H20N4O3/c1-27-18(25)10-11-24-12-17(23-20(24)26)15-6-2-13(3-7-15)14-4-8-16(9-5-14)19(21)22/h2-9,12H,10-11H2,1H3,(H3,21,22)(H,23,26). The Bertz CT molecular complexity index is 1010. The molecule has 7 nitrogen and oxygen atoms in total. The number of methoxy groups -OCH3 is 1. The van der Waals surface area contributed by atoms with E-state index in [1.807, 2.05) is 48.5 Å². The Labute approximate surface area is 155 Å². The zero-order chi connectivity index (χ0) is 19.4. The van der Waals surface area contributed by atoms with Gasteiger partial charge in [0.25, 0.3) is 0 Å². The largest absolute Gasteiger partial charge is 0.469 e. The highest BCUT2D eigenvalue weighted by molar-refractivity contribution is 5.95. The van der Waals surface area contributed by atoms with Gasteiger partial charge in [0, 0.05) is 18.3 Å². The molecule has 0 saturated heterocycles. The molecule has 0 unspecified atom stereocenters. The van der Waals surface area contributed by atoms with Crippen LogP contribution in [-0.4, -0.2) is 28.5 Å². The Morgan fingerprint density at radius 1 is 1.07 bits per heavy atom. The van der Waals surface area contributed by atoms with Crippen LogP contribution in [0.25, 0.3) is 22.4 Å².